The fourth-order valence-corrected chi connectivity index (χ4v) is 4.49. The van der Waals surface area contributed by atoms with Crippen LogP contribution in [0.15, 0.2) is 101 Å². The second-order valence-electron chi connectivity index (χ2n) is 8.24. The maximum absolute atomic E-state index is 6.53. The van der Waals surface area contributed by atoms with Crippen LogP contribution in [0.25, 0.3) is 44.9 Å². The fraction of sp³-hybridized carbons (Fsp3) is 0.100. The van der Waals surface area contributed by atoms with Crippen LogP contribution in [-0.2, 0) is 0 Å². The van der Waals surface area contributed by atoms with Crippen molar-refractivity contribution < 1.29 is 4.42 Å². The van der Waals surface area contributed by atoms with Crippen LogP contribution in [0.2, 0.25) is 0 Å². The van der Waals surface area contributed by atoms with Crippen molar-refractivity contribution in [2.24, 2.45) is 0 Å². The summed E-state index contributed by atoms with van der Waals surface area (Å²) in [4.78, 5) is 0. The van der Waals surface area contributed by atoms with Gasteiger partial charge in [-0.1, -0.05) is 72.3 Å². The molecule has 2 aliphatic rings. The highest BCUT2D eigenvalue weighted by Crippen LogP contribution is 2.42. The molecule has 0 N–H and O–H groups in total. The van der Waals surface area contributed by atoms with Crippen molar-refractivity contribution in [1.82, 2.24) is 0 Å². The summed E-state index contributed by atoms with van der Waals surface area (Å²) in [5.74, 6) is 1.76. The van der Waals surface area contributed by atoms with Gasteiger partial charge in [0.2, 0.25) is 0 Å². The lowest BCUT2D eigenvalue weighted by Gasteiger charge is -2.05. The first-order valence-corrected chi connectivity index (χ1v) is 10.7. The monoisotopic (exact) mass is 401 g/mol. The molecule has 0 fully saturated rings. The second kappa shape index (κ2) is 7.85. The van der Waals surface area contributed by atoms with Crippen LogP contribution in [0.4, 0.5) is 0 Å². The first kappa shape index (κ1) is 19.3. The van der Waals surface area contributed by atoms with Gasteiger partial charge in [0.05, 0.1) is 23.3 Å². The Kier molecular flexibility index (Phi) is 4.88. The maximum atomic E-state index is 6.53. The number of hydrogen-bond donors (Lipinski definition) is 0. The molecule has 0 aliphatic heterocycles. The van der Waals surface area contributed by atoms with Gasteiger partial charge in [-0.05, 0) is 61.2 Å². The molecule has 1 aromatic heterocycles. The largest absolute Gasteiger partial charge is 0.362 e. The lowest BCUT2D eigenvalue weighted by Crippen LogP contribution is -1.87. The van der Waals surface area contributed by atoms with Crippen molar-refractivity contribution in [2.45, 2.75) is 20.8 Å². The summed E-state index contributed by atoms with van der Waals surface area (Å²) in [6.07, 6.45) is 0. The predicted molar refractivity (Wildman–Crippen MR) is 130 cm³/mol. The zero-order valence-electron chi connectivity index (χ0n) is 18.1. The second-order valence-corrected chi connectivity index (χ2v) is 8.24. The molecular formula is C30H25O+. The van der Waals surface area contributed by atoms with E-state index < -0.39 is 0 Å². The SMILES string of the molecule is Cc1cc(C)c2ccc(-c3cc(-c4ccccc4)cc(-c4ccccc4)[o+]3)c-2c(C)c1. The standard InChI is InChI=1S/C30H25O/c1-20-16-21(2)26-14-15-27(30(26)22(3)17-20)29-19-25(23-10-6-4-7-11-23)18-28(31-29)24-12-8-5-9-13-24/h4-19H,1-3H3/q+1. The molecule has 31 heavy (non-hydrogen) atoms. The molecular weight excluding hydrogens is 376 g/mol. The fourth-order valence-electron chi connectivity index (χ4n) is 4.49. The molecule has 1 nitrogen and oxygen atoms in total. The van der Waals surface area contributed by atoms with E-state index in [1.54, 1.807) is 0 Å². The summed E-state index contributed by atoms with van der Waals surface area (Å²) < 4.78 is 6.53. The Balaban J connectivity index is 1.78. The quantitative estimate of drug-likeness (QED) is 0.275. The third kappa shape index (κ3) is 3.64. The van der Waals surface area contributed by atoms with Crippen molar-refractivity contribution in [2.75, 3.05) is 0 Å². The van der Waals surface area contributed by atoms with Gasteiger partial charge >= 0.3 is 11.5 Å². The average molecular weight is 402 g/mol. The summed E-state index contributed by atoms with van der Waals surface area (Å²) in [7, 11) is 0. The van der Waals surface area contributed by atoms with E-state index in [0.29, 0.717) is 0 Å². The van der Waals surface area contributed by atoms with E-state index in [1.165, 1.54) is 33.4 Å². The average Bonchev–Trinajstić information content (AvgIpc) is 3.21. The van der Waals surface area contributed by atoms with E-state index in [1.807, 2.05) is 18.2 Å². The number of aryl methyl sites for hydroxylation is 3. The Hall–Kier alpha value is -3.71. The zero-order valence-corrected chi connectivity index (χ0v) is 18.1. The minimum Gasteiger partial charge on any atom is -0.207 e. The van der Waals surface area contributed by atoms with E-state index in [0.717, 1.165) is 28.2 Å². The summed E-state index contributed by atoms with van der Waals surface area (Å²) in [5.41, 5.74) is 10.9. The van der Waals surface area contributed by atoms with Crippen LogP contribution >= 0.6 is 0 Å². The molecule has 0 bridgehead atoms. The Bertz CT molecular complexity index is 1280. The Morgan fingerprint density at radius 2 is 1.06 bits per heavy atom. The maximum Gasteiger partial charge on any atom is 0.362 e. The van der Waals surface area contributed by atoms with Gasteiger partial charge in [-0.3, -0.25) is 0 Å². The Morgan fingerprint density at radius 3 is 1.77 bits per heavy atom. The highest BCUT2D eigenvalue weighted by atomic mass is 16.3. The molecule has 0 spiro atoms. The van der Waals surface area contributed by atoms with E-state index in [4.69, 9.17) is 4.42 Å². The van der Waals surface area contributed by atoms with E-state index in [-0.39, 0.29) is 0 Å². The number of fused-ring (bicyclic) bond motifs is 1. The van der Waals surface area contributed by atoms with Crippen molar-refractivity contribution in [3.63, 3.8) is 0 Å². The smallest absolute Gasteiger partial charge is 0.207 e. The minimum atomic E-state index is 0.872. The molecule has 0 saturated carbocycles. The molecule has 0 radical (unpaired) electrons. The number of hydrogen-bond acceptors (Lipinski definition) is 0. The molecule has 1 heteroatoms. The summed E-state index contributed by atoms with van der Waals surface area (Å²) >= 11 is 0. The van der Waals surface area contributed by atoms with E-state index in [9.17, 15) is 0 Å². The van der Waals surface area contributed by atoms with Crippen molar-refractivity contribution >= 4 is 0 Å². The molecule has 0 atom stereocenters. The van der Waals surface area contributed by atoms with Gasteiger partial charge in [0.25, 0.3) is 0 Å². The summed E-state index contributed by atoms with van der Waals surface area (Å²) in [6, 6.07) is 34.1. The molecule has 0 amide bonds. The van der Waals surface area contributed by atoms with Crippen LogP contribution in [0, 0.1) is 20.8 Å². The number of benzene rings is 2. The van der Waals surface area contributed by atoms with Crippen LogP contribution in [0.5, 0.6) is 0 Å². The Labute approximate surface area is 184 Å². The van der Waals surface area contributed by atoms with Crippen LogP contribution in [-0.4, -0.2) is 0 Å². The molecule has 2 aliphatic carbocycles. The Morgan fingerprint density at radius 1 is 0.484 bits per heavy atom. The number of rotatable bonds is 3. The van der Waals surface area contributed by atoms with E-state index in [2.05, 4.69) is 99.6 Å². The topological polar surface area (TPSA) is 11.3 Å². The van der Waals surface area contributed by atoms with Crippen molar-refractivity contribution in [3.05, 3.63) is 114 Å². The van der Waals surface area contributed by atoms with Gasteiger partial charge in [0.15, 0.2) is 0 Å². The molecule has 150 valence electrons. The van der Waals surface area contributed by atoms with Crippen LogP contribution in [0.1, 0.15) is 16.7 Å². The van der Waals surface area contributed by atoms with Gasteiger partial charge in [-0.15, -0.1) is 0 Å². The molecule has 0 unspecified atom stereocenters. The lowest BCUT2D eigenvalue weighted by molar-refractivity contribution is 0.583. The van der Waals surface area contributed by atoms with Gasteiger partial charge < -0.3 is 0 Å². The van der Waals surface area contributed by atoms with E-state index >= 15 is 0 Å². The van der Waals surface area contributed by atoms with Crippen LogP contribution in [0.3, 0.4) is 0 Å². The van der Waals surface area contributed by atoms with Crippen molar-refractivity contribution in [1.29, 1.82) is 0 Å². The third-order valence-corrected chi connectivity index (χ3v) is 5.89. The molecule has 5 rings (SSSR count). The summed E-state index contributed by atoms with van der Waals surface area (Å²) in [6.45, 7) is 6.54. The normalized spacial score (nSPS) is 11.1. The highest BCUT2D eigenvalue weighted by molar-refractivity contribution is 5.89. The first-order chi connectivity index (χ1) is 15.1. The van der Waals surface area contributed by atoms with Crippen LogP contribution < -0.4 is 0 Å². The van der Waals surface area contributed by atoms with Gasteiger partial charge in [0, 0.05) is 11.1 Å². The summed E-state index contributed by atoms with van der Waals surface area (Å²) in [5, 5.41) is 0. The lowest BCUT2D eigenvalue weighted by atomic mass is 9.98. The van der Waals surface area contributed by atoms with Gasteiger partial charge in [-0.2, -0.15) is 0 Å². The van der Waals surface area contributed by atoms with Gasteiger partial charge in [0.1, 0.15) is 0 Å². The molecule has 2 aromatic carbocycles. The third-order valence-electron chi connectivity index (χ3n) is 5.89. The molecule has 1 heterocycles. The van der Waals surface area contributed by atoms with Crippen molar-refractivity contribution in [3.8, 4) is 44.9 Å². The zero-order chi connectivity index (χ0) is 21.4. The minimum absolute atomic E-state index is 0.872. The molecule has 0 saturated heterocycles. The predicted octanol–water partition coefficient (Wildman–Crippen LogP) is 8.59. The first-order valence-electron chi connectivity index (χ1n) is 10.7. The molecule has 3 aromatic rings. The highest BCUT2D eigenvalue weighted by Gasteiger charge is 2.26. The van der Waals surface area contributed by atoms with Gasteiger partial charge in [-0.25, -0.2) is 4.42 Å².